The SMILES string of the molecule is Cc1ccc(C(=O)NC(=S)Nc2cccc(NC(=O)c3ccccc3Cl)c2)cc1C. The molecule has 0 heterocycles. The number of hydrogen-bond donors (Lipinski definition) is 3. The topological polar surface area (TPSA) is 70.2 Å². The van der Waals surface area contributed by atoms with Crippen LogP contribution in [-0.4, -0.2) is 16.9 Å². The van der Waals surface area contributed by atoms with E-state index in [1.165, 1.54) is 0 Å². The Kier molecular flexibility index (Phi) is 6.82. The number of anilines is 2. The number of halogens is 1. The van der Waals surface area contributed by atoms with Crippen molar-refractivity contribution in [1.82, 2.24) is 5.32 Å². The highest BCUT2D eigenvalue weighted by molar-refractivity contribution is 7.80. The highest BCUT2D eigenvalue weighted by Crippen LogP contribution is 2.19. The number of aryl methyl sites for hydroxylation is 2. The lowest BCUT2D eigenvalue weighted by Crippen LogP contribution is -2.34. The van der Waals surface area contributed by atoms with E-state index < -0.39 is 0 Å². The lowest BCUT2D eigenvalue weighted by atomic mass is 10.1. The molecule has 0 unspecified atom stereocenters. The minimum Gasteiger partial charge on any atom is -0.332 e. The van der Waals surface area contributed by atoms with Crippen LogP contribution in [0.3, 0.4) is 0 Å². The van der Waals surface area contributed by atoms with Gasteiger partial charge in [0.15, 0.2) is 5.11 Å². The van der Waals surface area contributed by atoms with Crippen LogP contribution < -0.4 is 16.0 Å². The number of carbonyl (C=O) groups excluding carboxylic acids is 2. The second-order valence-electron chi connectivity index (χ2n) is 6.72. The Balaban J connectivity index is 1.63. The quantitative estimate of drug-likeness (QED) is 0.482. The number of rotatable bonds is 4. The van der Waals surface area contributed by atoms with Gasteiger partial charge < -0.3 is 10.6 Å². The van der Waals surface area contributed by atoms with Crippen molar-refractivity contribution < 1.29 is 9.59 Å². The van der Waals surface area contributed by atoms with Crippen molar-refractivity contribution in [2.75, 3.05) is 10.6 Å². The standard InChI is InChI=1S/C23H20ClN3O2S/c1-14-10-11-16(12-15(14)2)21(28)27-23(30)26-18-7-5-6-17(13-18)25-22(29)19-8-3-4-9-20(19)24/h3-13H,1-2H3,(H,25,29)(H2,26,27,28,30). The van der Waals surface area contributed by atoms with E-state index in [1.54, 1.807) is 54.6 Å². The molecule has 152 valence electrons. The molecule has 3 aromatic rings. The predicted molar refractivity (Wildman–Crippen MR) is 125 cm³/mol. The summed E-state index contributed by atoms with van der Waals surface area (Å²) in [4.78, 5) is 24.8. The fourth-order valence-corrected chi connectivity index (χ4v) is 3.17. The van der Waals surface area contributed by atoms with Crippen LogP contribution in [0.2, 0.25) is 5.02 Å². The van der Waals surface area contributed by atoms with Crippen molar-refractivity contribution in [2.24, 2.45) is 0 Å². The molecule has 5 nitrogen and oxygen atoms in total. The summed E-state index contributed by atoms with van der Waals surface area (Å²) < 4.78 is 0. The largest absolute Gasteiger partial charge is 0.332 e. The van der Waals surface area contributed by atoms with Crippen molar-refractivity contribution in [3.05, 3.63) is 94.0 Å². The minimum absolute atomic E-state index is 0.160. The van der Waals surface area contributed by atoms with Crippen LogP contribution in [0, 0.1) is 13.8 Å². The van der Waals surface area contributed by atoms with Gasteiger partial charge in [0.1, 0.15) is 0 Å². The number of nitrogens with one attached hydrogen (secondary N) is 3. The normalized spacial score (nSPS) is 10.2. The Labute approximate surface area is 185 Å². The summed E-state index contributed by atoms with van der Waals surface area (Å²) in [6, 6.07) is 19.3. The monoisotopic (exact) mass is 437 g/mol. The zero-order chi connectivity index (χ0) is 21.7. The molecule has 0 aliphatic carbocycles. The maximum absolute atomic E-state index is 12.4. The molecule has 0 saturated carbocycles. The van der Waals surface area contributed by atoms with E-state index in [0.717, 1.165) is 11.1 Å². The van der Waals surface area contributed by atoms with Crippen molar-refractivity contribution in [2.45, 2.75) is 13.8 Å². The molecule has 0 radical (unpaired) electrons. The zero-order valence-corrected chi connectivity index (χ0v) is 18.0. The number of carbonyl (C=O) groups is 2. The lowest BCUT2D eigenvalue weighted by molar-refractivity contribution is 0.0976. The Bertz CT molecular complexity index is 1130. The third-order valence-corrected chi connectivity index (χ3v) is 5.03. The van der Waals surface area contributed by atoms with Gasteiger partial charge in [-0.15, -0.1) is 0 Å². The van der Waals surface area contributed by atoms with E-state index in [-0.39, 0.29) is 16.9 Å². The molecule has 3 rings (SSSR count). The van der Waals surface area contributed by atoms with Crippen LogP contribution in [0.25, 0.3) is 0 Å². The molecule has 7 heteroatoms. The van der Waals surface area contributed by atoms with Crippen LogP contribution >= 0.6 is 23.8 Å². The molecule has 30 heavy (non-hydrogen) atoms. The van der Waals surface area contributed by atoms with Gasteiger partial charge in [-0.3, -0.25) is 14.9 Å². The number of benzene rings is 3. The van der Waals surface area contributed by atoms with E-state index >= 15 is 0 Å². The van der Waals surface area contributed by atoms with E-state index in [4.69, 9.17) is 23.8 Å². The third kappa shape index (κ3) is 5.43. The van der Waals surface area contributed by atoms with Crippen LogP contribution in [0.1, 0.15) is 31.8 Å². The molecule has 2 amide bonds. The Morgan fingerprint density at radius 3 is 2.20 bits per heavy atom. The Hall–Kier alpha value is -3.22. The first kappa shape index (κ1) is 21.5. The average Bonchev–Trinajstić information content (AvgIpc) is 2.70. The summed E-state index contributed by atoms with van der Waals surface area (Å²) in [5.74, 6) is -0.609. The predicted octanol–water partition coefficient (Wildman–Crippen LogP) is 5.34. The molecule has 0 aromatic heterocycles. The summed E-state index contributed by atoms with van der Waals surface area (Å²) in [6.45, 7) is 3.94. The fourth-order valence-electron chi connectivity index (χ4n) is 2.74. The van der Waals surface area contributed by atoms with Gasteiger partial charge in [0, 0.05) is 16.9 Å². The minimum atomic E-state index is -0.316. The summed E-state index contributed by atoms with van der Waals surface area (Å²) in [7, 11) is 0. The van der Waals surface area contributed by atoms with Crippen molar-refractivity contribution in [3.8, 4) is 0 Å². The molecule has 0 saturated heterocycles. The molecule has 0 aliphatic rings. The molecular formula is C23H20ClN3O2S. The maximum Gasteiger partial charge on any atom is 0.257 e. The first-order valence-corrected chi connectivity index (χ1v) is 9.97. The lowest BCUT2D eigenvalue weighted by Gasteiger charge is -2.12. The average molecular weight is 438 g/mol. The van der Waals surface area contributed by atoms with E-state index in [9.17, 15) is 9.59 Å². The van der Waals surface area contributed by atoms with E-state index in [0.29, 0.717) is 27.5 Å². The first-order valence-electron chi connectivity index (χ1n) is 9.19. The number of hydrogen-bond acceptors (Lipinski definition) is 3. The summed E-state index contributed by atoms with van der Waals surface area (Å²) in [6.07, 6.45) is 0. The van der Waals surface area contributed by atoms with Crippen LogP contribution in [-0.2, 0) is 0 Å². The molecule has 3 N–H and O–H groups in total. The Morgan fingerprint density at radius 2 is 1.50 bits per heavy atom. The zero-order valence-electron chi connectivity index (χ0n) is 16.5. The molecule has 3 aromatic carbocycles. The van der Waals surface area contributed by atoms with Gasteiger partial charge in [0.2, 0.25) is 0 Å². The number of amides is 2. The second-order valence-corrected chi connectivity index (χ2v) is 7.54. The molecule has 0 aliphatic heterocycles. The molecule has 0 fully saturated rings. The molecular weight excluding hydrogens is 418 g/mol. The highest BCUT2D eigenvalue weighted by atomic mass is 35.5. The summed E-state index contributed by atoms with van der Waals surface area (Å²) in [5.41, 5.74) is 4.24. The number of thiocarbonyl (C=S) groups is 1. The van der Waals surface area contributed by atoms with Gasteiger partial charge in [-0.25, -0.2) is 0 Å². The van der Waals surface area contributed by atoms with Crippen molar-refractivity contribution >= 4 is 52.1 Å². The van der Waals surface area contributed by atoms with Crippen LogP contribution in [0.5, 0.6) is 0 Å². The van der Waals surface area contributed by atoms with Gasteiger partial charge in [-0.05, 0) is 79.7 Å². The van der Waals surface area contributed by atoms with Gasteiger partial charge >= 0.3 is 0 Å². The first-order chi connectivity index (χ1) is 14.3. The third-order valence-electron chi connectivity index (χ3n) is 4.49. The summed E-state index contributed by atoms with van der Waals surface area (Å²) >= 11 is 11.3. The van der Waals surface area contributed by atoms with Crippen LogP contribution in [0.4, 0.5) is 11.4 Å². The van der Waals surface area contributed by atoms with Crippen molar-refractivity contribution in [1.29, 1.82) is 0 Å². The van der Waals surface area contributed by atoms with Gasteiger partial charge in [0.05, 0.1) is 10.6 Å². The van der Waals surface area contributed by atoms with Crippen LogP contribution in [0.15, 0.2) is 66.7 Å². The van der Waals surface area contributed by atoms with Gasteiger partial charge in [-0.1, -0.05) is 35.9 Å². The van der Waals surface area contributed by atoms with E-state index in [2.05, 4.69) is 16.0 Å². The molecule has 0 spiro atoms. The highest BCUT2D eigenvalue weighted by Gasteiger charge is 2.11. The summed E-state index contributed by atoms with van der Waals surface area (Å²) in [5, 5.41) is 8.95. The Morgan fingerprint density at radius 1 is 0.800 bits per heavy atom. The smallest absolute Gasteiger partial charge is 0.257 e. The van der Waals surface area contributed by atoms with Gasteiger partial charge in [-0.2, -0.15) is 0 Å². The molecule has 0 atom stereocenters. The van der Waals surface area contributed by atoms with E-state index in [1.807, 2.05) is 26.0 Å². The molecule has 0 bridgehead atoms. The van der Waals surface area contributed by atoms with Gasteiger partial charge in [0.25, 0.3) is 11.8 Å². The second kappa shape index (κ2) is 9.52. The van der Waals surface area contributed by atoms with Crippen molar-refractivity contribution in [3.63, 3.8) is 0 Å². The maximum atomic E-state index is 12.4. The fraction of sp³-hybridized carbons (Fsp3) is 0.0870.